The summed E-state index contributed by atoms with van der Waals surface area (Å²) in [4.78, 5) is 8.12. The molecule has 3 atom stereocenters. The predicted octanol–water partition coefficient (Wildman–Crippen LogP) is 6.62. The largest absolute Gasteiger partial charge is 0.342 e. The summed E-state index contributed by atoms with van der Waals surface area (Å²) in [5.41, 5.74) is 2.90. The van der Waals surface area contributed by atoms with Gasteiger partial charge in [-0.1, -0.05) is 50.5 Å². The topological polar surface area (TPSA) is 6.48 Å². The third-order valence-corrected chi connectivity index (χ3v) is 9.25. The van der Waals surface area contributed by atoms with Gasteiger partial charge < -0.3 is 9.80 Å². The highest BCUT2D eigenvalue weighted by molar-refractivity contribution is 9.11. The lowest BCUT2D eigenvalue weighted by Gasteiger charge is -2.39. The van der Waals surface area contributed by atoms with E-state index in [0.29, 0.717) is 5.92 Å². The molecular formula is C22H26Br2N2S. The van der Waals surface area contributed by atoms with Crippen molar-refractivity contribution >= 4 is 49.3 Å². The van der Waals surface area contributed by atoms with Crippen LogP contribution in [0.1, 0.15) is 32.6 Å². The molecule has 0 aromatic heterocycles. The number of rotatable bonds is 3. The van der Waals surface area contributed by atoms with E-state index in [-0.39, 0.29) is 0 Å². The Morgan fingerprint density at radius 3 is 2.67 bits per heavy atom. The SMILES string of the molecule is CC1CC2=C(C=C1Br)Sc1cc(Br)ccc1N2CCN1CCC2CC2CC1. The molecular weight excluding hydrogens is 484 g/mol. The molecule has 2 fully saturated rings. The molecule has 2 aliphatic heterocycles. The second kappa shape index (κ2) is 7.55. The highest BCUT2D eigenvalue weighted by atomic mass is 79.9. The lowest BCUT2D eigenvalue weighted by atomic mass is 9.98. The number of benzene rings is 1. The fourth-order valence-electron chi connectivity index (χ4n) is 4.77. The first-order valence-corrected chi connectivity index (χ1v) is 12.6. The molecule has 1 saturated carbocycles. The molecule has 5 rings (SSSR count). The number of hydrogen-bond donors (Lipinski definition) is 0. The molecule has 2 heterocycles. The maximum Gasteiger partial charge on any atom is 0.0551 e. The number of hydrogen-bond acceptors (Lipinski definition) is 3. The summed E-state index contributed by atoms with van der Waals surface area (Å²) in [6, 6.07) is 6.76. The second-order valence-electron chi connectivity index (χ2n) is 8.49. The average Bonchev–Trinajstić information content (AvgIpc) is 3.40. The van der Waals surface area contributed by atoms with Crippen LogP contribution in [0.25, 0.3) is 0 Å². The van der Waals surface area contributed by atoms with Gasteiger partial charge in [0.1, 0.15) is 0 Å². The van der Waals surface area contributed by atoms with E-state index in [4.69, 9.17) is 0 Å². The Hall–Kier alpha value is -0.230. The smallest absolute Gasteiger partial charge is 0.0551 e. The van der Waals surface area contributed by atoms with E-state index in [1.165, 1.54) is 64.6 Å². The van der Waals surface area contributed by atoms with Gasteiger partial charge in [-0.15, -0.1) is 0 Å². The summed E-state index contributed by atoms with van der Waals surface area (Å²) in [5.74, 6) is 2.67. The van der Waals surface area contributed by atoms with E-state index in [9.17, 15) is 0 Å². The van der Waals surface area contributed by atoms with Crippen molar-refractivity contribution in [2.24, 2.45) is 17.8 Å². The second-order valence-corrected chi connectivity index (χ2v) is 11.4. The molecule has 4 aliphatic rings. The maximum atomic E-state index is 3.79. The minimum atomic E-state index is 0.564. The van der Waals surface area contributed by atoms with Crippen LogP contribution in [0.3, 0.4) is 0 Å². The molecule has 0 bridgehead atoms. The van der Waals surface area contributed by atoms with E-state index in [1.807, 2.05) is 11.8 Å². The molecule has 5 heteroatoms. The van der Waals surface area contributed by atoms with Gasteiger partial charge in [-0.2, -0.15) is 0 Å². The van der Waals surface area contributed by atoms with Crippen LogP contribution in [0, 0.1) is 17.8 Å². The fraction of sp³-hybridized carbons (Fsp3) is 0.545. The standard InChI is InChI=1S/C22H26Br2N2S/c1-14-10-20-22(13-18(14)24)27-21-12-17(23)2-3-19(21)26(20)9-8-25-6-4-15-11-16(15)5-7-25/h2-3,12-16H,4-11H2,1H3. The number of nitrogens with zero attached hydrogens (tertiary/aromatic N) is 2. The Morgan fingerprint density at radius 2 is 1.89 bits per heavy atom. The van der Waals surface area contributed by atoms with Crippen molar-refractivity contribution in [3.63, 3.8) is 0 Å². The molecule has 1 aromatic rings. The summed E-state index contributed by atoms with van der Waals surface area (Å²) >= 11 is 9.37. The third-order valence-electron chi connectivity index (χ3n) is 6.62. The van der Waals surface area contributed by atoms with Gasteiger partial charge in [0.2, 0.25) is 0 Å². The summed E-state index contributed by atoms with van der Waals surface area (Å²) in [6.45, 7) is 7.19. The van der Waals surface area contributed by atoms with Gasteiger partial charge in [0.25, 0.3) is 0 Å². The highest BCUT2D eigenvalue weighted by Gasteiger charge is 2.38. The lowest BCUT2D eigenvalue weighted by Crippen LogP contribution is -2.37. The van der Waals surface area contributed by atoms with E-state index in [2.05, 4.69) is 72.9 Å². The minimum Gasteiger partial charge on any atom is -0.342 e. The van der Waals surface area contributed by atoms with Gasteiger partial charge in [0.15, 0.2) is 0 Å². The van der Waals surface area contributed by atoms with Gasteiger partial charge in [-0.05, 0) is 85.3 Å². The molecule has 2 aliphatic carbocycles. The number of likely N-dealkylation sites (tertiary alicyclic amines) is 1. The predicted molar refractivity (Wildman–Crippen MR) is 122 cm³/mol. The number of allylic oxidation sites excluding steroid dienone is 3. The Bertz CT molecular complexity index is 807. The molecule has 144 valence electrons. The number of thioether (sulfide) groups is 1. The van der Waals surface area contributed by atoms with Crippen LogP contribution in [0.2, 0.25) is 0 Å². The molecule has 1 aromatic carbocycles. The number of anilines is 1. The van der Waals surface area contributed by atoms with Crippen molar-refractivity contribution in [2.75, 3.05) is 31.1 Å². The van der Waals surface area contributed by atoms with Gasteiger partial charge in [-0.3, -0.25) is 0 Å². The van der Waals surface area contributed by atoms with Crippen LogP contribution in [0.4, 0.5) is 5.69 Å². The monoisotopic (exact) mass is 508 g/mol. The maximum absolute atomic E-state index is 3.79. The van der Waals surface area contributed by atoms with Gasteiger partial charge in [0, 0.05) is 33.1 Å². The van der Waals surface area contributed by atoms with E-state index < -0.39 is 0 Å². The Kier molecular flexibility index (Phi) is 5.25. The van der Waals surface area contributed by atoms with Gasteiger partial charge >= 0.3 is 0 Å². The van der Waals surface area contributed by atoms with Crippen molar-refractivity contribution in [3.05, 3.63) is 43.8 Å². The van der Waals surface area contributed by atoms with E-state index >= 15 is 0 Å². The minimum absolute atomic E-state index is 0.564. The Morgan fingerprint density at radius 1 is 1.11 bits per heavy atom. The fourth-order valence-corrected chi connectivity index (χ4v) is 7.03. The molecule has 3 unspecified atom stereocenters. The van der Waals surface area contributed by atoms with Crippen molar-refractivity contribution in [1.82, 2.24) is 4.90 Å². The molecule has 0 radical (unpaired) electrons. The molecule has 2 nitrogen and oxygen atoms in total. The van der Waals surface area contributed by atoms with Crippen LogP contribution >= 0.6 is 43.6 Å². The average molecular weight is 510 g/mol. The van der Waals surface area contributed by atoms with E-state index in [0.717, 1.165) is 29.3 Å². The quantitative estimate of drug-likeness (QED) is 0.451. The van der Waals surface area contributed by atoms with Gasteiger partial charge in [0.05, 0.1) is 5.69 Å². The summed E-state index contributed by atoms with van der Waals surface area (Å²) in [6.07, 6.45) is 7.83. The summed E-state index contributed by atoms with van der Waals surface area (Å²) in [5, 5.41) is 0. The first kappa shape index (κ1) is 18.8. The zero-order valence-corrected chi connectivity index (χ0v) is 19.7. The zero-order valence-electron chi connectivity index (χ0n) is 15.8. The first-order valence-electron chi connectivity index (χ1n) is 10.2. The van der Waals surface area contributed by atoms with Crippen LogP contribution in [-0.2, 0) is 0 Å². The Labute approximate surface area is 183 Å². The van der Waals surface area contributed by atoms with Gasteiger partial charge in [-0.25, -0.2) is 0 Å². The van der Waals surface area contributed by atoms with E-state index in [1.54, 1.807) is 0 Å². The highest BCUT2D eigenvalue weighted by Crippen LogP contribution is 2.50. The molecule has 0 amide bonds. The number of halogens is 2. The van der Waals surface area contributed by atoms with Crippen molar-refractivity contribution in [3.8, 4) is 0 Å². The Balaban J connectivity index is 1.39. The van der Waals surface area contributed by atoms with Crippen molar-refractivity contribution in [1.29, 1.82) is 0 Å². The normalized spacial score (nSPS) is 30.3. The molecule has 1 saturated heterocycles. The van der Waals surface area contributed by atoms with Crippen LogP contribution in [-0.4, -0.2) is 31.1 Å². The molecule has 27 heavy (non-hydrogen) atoms. The van der Waals surface area contributed by atoms with Crippen molar-refractivity contribution in [2.45, 2.75) is 37.5 Å². The number of fused-ring (bicyclic) bond motifs is 2. The van der Waals surface area contributed by atoms with Crippen LogP contribution in [0.5, 0.6) is 0 Å². The molecule has 0 N–H and O–H groups in total. The summed E-state index contributed by atoms with van der Waals surface area (Å²) < 4.78 is 2.50. The van der Waals surface area contributed by atoms with Crippen molar-refractivity contribution < 1.29 is 0 Å². The van der Waals surface area contributed by atoms with Crippen LogP contribution in [0.15, 0.2) is 48.7 Å². The zero-order chi connectivity index (χ0) is 18.5. The molecule has 0 spiro atoms. The van der Waals surface area contributed by atoms with Crippen LogP contribution < -0.4 is 4.90 Å². The third kappa shape index (κ3) is 3.82. The summed E-state index contributed by atoms with van der Waals surface area (Å²) in [7, 11) is 0. The first-order chi connectivity index (χ1) is 13.1. The lowest BCUT2D eigenvalue weighted by molar-refractivity contribution is 0.281.